The van der Waals surface area contributed by atoms with Crippen LogP contribution in [0.5, 0.6) is 11.5 Å². The van der Waals surface area contributed by atoms with Gasteiger partial charge in [0.25, 0.3) is 5.91 Å². The molecule has 2 N–H and O–H groups in total. The van der Waals surface area contributed by atoms with Crippen LogP contribution >= 0.6 is 0 Å². The number of hydrogen-bond acceptors (Lipinski definition) is 4. The van der Waals surface area contributed by atoms with Crippen LogP contribution < -0.4 is 20.1 Å². The summed E-state index contributed by atoms with van der Waals surface area (Å²) < 4.78 is 10.9. The first kappa shape index (κ1) is 19.8. The largest absolute Gasteiger partial charge is 0.496 e. The lowest BCUT2D eigenvalue weighted by Crippen LogP contribution is -2.43. The van der Waals surface area contributed by atoms with Crippen molar-refractivity contribution in [1.82, 2.24) is 10.6 Å². The highest BCUT2D eigenvalue weighted by Gasteiger charge is 2.13. The molecule has 0 saturated heterocycles. The Morgan fingerprint density at radius 3 is 2.35 bits per heavy atom. The molecule has 0 radical (unpaired) electrons. The standard InChI is InChI=1S/C21H28N2O3/c1-21(2,3)23-20(24)15-26-18-11-9-16(10-12-18)13-22-14-17-7-5-6-8-19(17)25-4/h5-12,22H,13-15H2,1-4H3,(H,23,24). The lowest BCUT2D eigenvalue weighted by Gasteiger charge is -2.20. The Kier molecular flexibility index (Phi) is 7.04. The van der Waals surface area contributed by atoms with Gasteiger partial charge in [0, 0.05) is 24.2 Å². The summed E-state index contributed by atoms with van der Waals surface area (Å²) >= 11 is 0. The molecular weight excluding hydrogens is 328 g/mol. The third kappa shape index (κ3) is 6.76. The van der Waals surface area contributed by atoms with Gasteiger partial charge in [0.05, 0.1) is 7.11 Å². The van der Waals surface area contributed by atoms with Gasteiger partial charge in [0.2, 0.25) is 0 Å². The van der Waals surface area contributed by atoms with Crippen molar-refractivity contribution in [2.75, 3.05) is 13.7 Å². The molecular formula is C21H28N2O3. The fraction of sp³-hybridized carbons (Fsp3) is 0.381. The second-order valence-corrected chi connectivity index (χ2v) is 7.15. The number of para-hydroxylation sites is 1. The Bertz CT molecular complexity index is 706. The summed E-state index contributed by atoms with van der Waals surface area (Å²) in [7, 11) is 1.68. The smallest absolute Gasteiger partial charge is 0.258 e. The van der Waals surface area contributed by atoms with Gasteiger partial charge in [-0.25, -0.2) is 0 Å². The minimum atomic E-state index is -0.253. The van der Waals surface area contributed by atoms with Crippen LogP contribution in [-0.4, -0.2) is 25.2 Å². The van der Waals surface area contributed by atoms with Crippen molar-refractivity contribution in [1.29, 1.82) is 0 Å². The number of nitrogens with one attached hydrogen (secondary N) is 2. The monoisotopic (exact) mass is 356 g/mol. The van der Waals surface area contributed by atoms with E-state index in [9.17, 15) is 4.79 Å². The highest BCUT2D eigenvalue weighted by atomic mass is 16.5. The van der Waals surface area contributed by atoms with Gasteiger partial charge in [-0.05, 0) is 44.5 Å². The van der Waals surface area contributed by atoms with Gasteiger partial charge in [-0.3, -0.25) is 4.79 Å². The molecule has 2 aromatic rings. The van der Waals surface area contributed by atoms with Crippen LogP contribution in [0.1, 0.15) is 31.9 Å². The van der Waals surface area contributed by atoms with Crippen molar-refractivity contribution in [3.8, 4) is 11.5 Å². The van der Waals surface area contributed by atoms with Gasteiger partial charge in [-0.1, -0.05) is 30.3 Å². The van der Waals surface area contributed by atoms with Crippen LogP contribution in [0.4, 0.5) is 0 Å². The van der Waals surface area contributed by atoms with Crippen molar-refractivity contribution in [3.63, 3.8) is 0 Å². The molecule has 0 aliphatic rings. The zero-order valence-electron chi connectivity index (χ0n) is 16.0. The van der Waals surface area contributed by atoms with Crippen LogP contribution in [0.2, 0.25) is 0 Å². The van der Waals surface area contributed by atoms with E-state index in [0.29, 0.717) is 5.75 Å². The average Bonchev–Trinajstić information content (AvgIpc) is 2.60. The second kappa shape index (κ2) is 9.25. The molecule has 0 heterocycles. The van der Waals surface area contributed by atoms with Crippen molar-refractivity contribution in [2.45, 2.75) is 39.4 Å². The summed E-state index contributed by atoms with van der Waals surface area (Å²) in [5, 5.41) is 6.27. The normalized spacial score (nSPS) is 11.1. The maximum atomic E-state index is 11.8. The van der Waals surface area contributed by atoms with Crippen LogP contribution in [0, 0.1) is 0 Å². The maximum absolute atomic E-state index is 11.8. The van der Waals surface area contributed by atoms with Gasteiger partial charge < -0.3 is 20.1 Å². The van der Waals surface area contributed by atoms with Gasteiger partial charge in [-0.15, -0.1) is 0 Å². The first-order valence-corrected chi connectivity index (χ1v) is 8.73. The van der Waals surface area contributed by atoms with E-state index < -0.39 is 0 Å². The Labute approximate surface area is 155 Å². The molecule has 0 aliphatic heterocycles. The number of amides is 1. The molecule has 2 aromatic carbocycles. The molecule has 26 heavy (non-hydrogen) atoms. The summed E-state index contributed by atoms with van der Waals surface area (Å²) in [6.45, 7) is 7.31. The van der Waals surface area contributed by atoms with E-state index in [1.807, 2.05) is 69.3 Å². The molecule has 0 fully saturated rings. The number of carbonyl (C=O) groups is 1. The lowest BCUT2D eigenvalue weighted by atomic mass is 10.1. The Hall–Kier alpha value is -2.53. The fourth-order valence-electron chi connectivity index (χ4n) is 2.50. The zero-order valence-corrected chi connectivity index (χ0v) is 16.0. The summed E-state index contributed by atoms with van der Waals surface area (Å²) in [4.78, 5) is 11.8. The molecule has 140 valence electrons. The minimum Gasteiger partial charge on any atom is -0.496 e. The number of rotatable bonds is 8. The van der Waals surface area contributed by atoms with E-state index in [2.05, 4.69) is 10.6 Å². The topological polar surface area (TPSA) is 59.6 Å². The van der Waals surface area contributed by atoms with Crippen molar-refractivity contribution in [3.05, 3.63) is 59.7 Å². The van der Waals surface area contributed by atoms with Gasteiger partial charge in [0.15, 0.2) is 6.61 Å². The van der Waals surface area contributed by atoms with Gasteiger partial charge in [0.1, 0.15) is 11.5 Å². The van der Waals surface area contributed by atoms with E-state index in [4.69, 9.17) is 9.47 Å². The number of hydrogen-bond donors (Lipinski definition) is 2. The van der Waals surface area contributed by atoms with E-state index in [-0.39, 0.29) is 18.1 Å². The molecule has 0 aliphatic carbocycles. The molecule has 0 atom stereocenters. The summed E-state index contributed by atoms with van der Waals surface area (Å²) in [6.07, 6.45) is 0. The third-order valence-electron chi connectivity index (χ3n) is 3.64. The molecule has 1 amide bonds. The molecule has 2 rings (SSSR count). The van der Waals surface area contributed by atoms with Crippen LogP contribution in [0.25, 0.3) is 0 Å². The van der Waals surface area contributed by atoms with Crippen molar-refractivity contribution in [2.24, 2.45) is 0 Å². The predicted molar refractivity (Wildman–Crippen MR) is 103 cm³/mol. The fourth-order valence-corrected chi connectivity index (χ4v) is 2.50. The highest BCUT2D eigenvalue weighted by Crippen LogP contribution is 2.17. The number of benzene rings is 2. The molecule has 0 aromatic heterocycles. The highest BCUT2D eigenvalue weighted by molar-refractivity contribution is 5.78. The van der Waals surface area contributed by atoms with Gasteiger partial charge >= 0.3 is 0 Å². The minimum absolute atomic E-state index is 0.0165. The van der Waals surface area contributed by atoms with Gasteiger partial charge in [-0.2, -0.15) is 0 Å². The molecule has 5 nitrogen and oxygen atoms in total. The predicted octanol–water partition coefficient (Wildman–Crippen LogP) is 3.28. The molecule has 0 spiro atoms. The maximum Gasteiger partial charge on any atom is 0.258 e. The Morgan fingerprint density at radius 1 is 1.00 bits per heavy atom. The SMILES string of the molecule is COc1ccccc1CNCc1ccc(OCC(=O)NC(C)(C)C)cc1. The Morgan fingerprint density at radius 2 is 1.69 bits per heavy atom. The molecule has 0 bridgehead atoms. The summed E-state index contributed by atoms with van der Waals surface area (Å²) in [5.41, 5.74) is 2.02. The first-order valence-electron chi connectivity index (χ1n) is 8.73. The Balaban J connectivity index is 1.78. The van der Waals surface area contributed by atoms with E-state index in [1.54, 1.807) is 7.11 Å². The van der Waals surface area contributed by atoms with E-state index >= 15 is 0 Å². The summed E-state index contributed by atoms with van der Waals surface area (Å²) in [6, 6.07) is 15.7. The second-order valence-electron chi connectivity index (χ2n) is 7.15. The number of methoxy groups -OCH3 is 1. The van der Waals surface area contributed by atoms with E-state index in [0.717, 1.165) is 30.0 Å². The molecule has 5 heteroatoms. The van der Waals surface area contributed by atoms with Crippen molar-refractivity contribution >= 4 is 5.91 Å². The lowest BCUT2D eigenvalue weighted by molar-refractivity contribution is -0.124. The summed E-state index contributed by atoms with van der Waals surface area (Å²) in [5.74, 6) is 1.44. The number of carbonyl (C=O) groups excluding carboxylic acids is 1. The number of ether oxygens (including phenoxy) is 2. The quantitative estimate of drug-likeness (QED) is 0.762. The molecule has 0 unspecified atom stereocenters. The average molecular weight is 356 g/mol. The third-order valence-corrected chi connectivity index (χ3v) is 3.64. The zero-order chi connectivity index (χ0) is 19.0. The first-order chi connectivity index (χ1) is 12.4. The van der Waals surface area contributed by atoms with E-state index in [1.165, 1.54) is 0 Å². The van der Waals surface area contributed by atoms with Crippen LogP contribution in [0.3, 0.4) is 0 Å². The van der Waals surface area contributed by atoms with Crippen LogP contribution in [0.15, 0.2) is 48.5 Å². The van der Waals surface area contributed by atoms with Crippen molar-refractivity contribution < 1.29 is 14.3 Å². The van der Waals surface area contributed by atoms with Crippen LogP contribution in [-0.2, 0) is 17.9 Å². The molecule has 0 saturated carbocycles.